The summed E-state index contributed by atoms with van der Waals surface area (Å²) in [5.74, 6) is 0. The maximum atomic E-state index is 12.6. The van der Waals surface area contributed by atoms with Crippen molar-refractivity contribution in [2.45, 2.75) is 37.9 Å². The van der Waals surface area contributed by atoms with E-state index >= 15 is 0 Å². The molecule has 5 nitrogen and oxygen atoms in total. The van der Waals surface area contributed by atoms with E-state index in [2.05, 4.69) is 5.10 Å². The fourth-order valence-electron chi connectivity index (χ4n) is 1.56. The van der Waals surface area contributed by atoms with Crippen molar-refractivity contribution in [1.82, 2.24) is 9.78 Å². The molecule has 0 N–H and O–H groups in total. The molecule has 1 heterocycles. The average molecular weight is 306 g/mol. The number of hydrogen-bond acceptors (Lipinski definition) is 5. The van der Waals surface area contributed by atoms with E-state index in [-0.39, 0.29) is 6.16 Å². The molecule has 0 saturated heterocycles. The molecule has 0 fully saturated rings. The van der Waals surface area contributed by atoms with E-state index in [1.54, 1.807) is 16.4 Å². The molecule has 19 heavy (non-hydrogen) atoms. The van der Waals surface area contributed by atoms with E-state index in [0.717, 1.165) is 23.6 Å². The Morgan fingerprint density at radius 1 is 1.32 bits per heavy atom. The summed E-state index contributed by atoms with van der Waals surface area (Å²) in [6.07, 6.45) is 3.86. The van der Waals surface area contributed by atoms with Gasteiger partial charge < -0.3 is 9.05 Å². The molecule has 0 aliphatic rings. The van der Waals surface area contributed by atoms with Gasteiger partial charge >= 0.3 is 7.60 Å². The molecule has 0 aliphatic heterocycles. The summed E-state index contributed by atoms with van der Waals surface area (Å²) in [6.45, 7) is 4.86. The number of nitrogens with zero attached hydrogens (tertiary/aromatic N) is 2. The van der Waals surface area contributed by atoms with Crippen LogP contribution < -0.4 is 0 Å². The van der Waals surface area contributed by atoms with Crippen LogP contribution in [-0.4, -0.2) is 29.3 Å². The Bertz CT molecular complexity index is 425. The molecular formula is C12H23N2O3PS. The first-order valence-electron chi connectivity index (χ1n) is 6.49. The van der Waals surface area contributed by atoms with Gasteiger partial charge in [-0.2, -0.15) is 5.10 Å². The summed E-state index contributed by atoms with van der Waals surface area (Å²) >= 11 is 1.61. The highest BCUT2D eigenvalue weighted by Gasteiger charge is 2.26. The molecule has 1 aromatic rings. The van der Waals surface area contributed by atoms with Crippen LogP contribution in [0, 0.1) is 0 Å². The van der Waals surface area contributed by atoms with Crippen LogP contribution in [0.1, 0.15) is 32.4 Å². The van der Waals surface area contributed by atoms with Crippen LogP contribution in [0.15, 0.2) is 11.1 Å². The fraction of sp³-hybridized carbons (Fsp3) is 0.750. The lowest BCUT2D eigenvalue weighted by Crippen LogP contribution is -2.02. The second kappa shape index (κ2) is 8.10. The van der Waals surface area contributed by atoms with E-state index in [1.165, 1.54) is 0 Å². The quantitative estimate of drug-likeness (QED) is 0.514. The van der Waals surface area contributed by atoms with Gasteiger partial charge in [0.05, 0.1) is 30.1 Å². The van der Waals surface area contributed by atoms with Crippen LogP contribution in [0.2, 0.25) is 0 Å². The fourth-order valence-corrected chi connectivity index (χ4v) is 3.85. The molecule has 1 aromatic heterocycles. The Kier molecular flexibility index (Phi) is 7.15. The van der Waals surface area contributed by atoms with Crippen LogP contribution in [-0.2, 0) is 26.8 Å². The zero-order chi connectivity index (χ0) is 14.3. The molecule has 0 radical (unpaired) electrons. The van der Waals surface area contributed by atoms with Crippen molar-refractivity contribution in [3.05, 3.63) is 11.8 Å². The lowest BCUT2D eigenvalue weighted by molar-refractivity contribution is 0.203. The Hall–Kier alpha value is -0.290. The van der Waals surface area contributed by atoms with Gasteiger partial charge in [0.15, 0.2) is 0 Å². The van der Waals surface area contributed by atoms with E-state index in [4.69, 9.17) is 9.05 Å². The molecule has 110 valence electrons. The first kappa shape index (κ1) is 16.8. The number of aromatic nitrogens is 2. The molecule has 0 atom stereocenters. The summed E-state index contributed by atoms with van der Waals surface area (Å²) in [5, 5.41) is 5.38. The van der Waals surface area contributed by atoms with Gasteiger partial charge in [-0.05, 0) is 25.2 Å². The zero-order valence-electron chi connectivity index (χ0n) is 12.1. The standard InChI is InChI=1S/C12H23N2O3PS/c1-5-7-16-18(15,17-8-6-2)10-11-9-12(19-4)14(3)13-11/h9H,5-8,10H2,1-4H3. The van der Waals surface area contributed by atoms with Crippen molar-refractivity contribution in [2.24, 2.45) is 7.05 Å². The van der Waals surface area contributed by atoms with Crippen LogP contribution in [0.4, 0.5) is 0 Å². The lowest BCUT2D eigenvalue weighted by atomic mass is 10.5. The molecule has 0 unspecified atom stereocenters. The van der Waals surface area contributed by atoms with Crippen LogP contribution in [0.5, 0.6) is 0 Å². The van der Waals surface area contributed by atoms with Crippen LogP contribution >= 0.6 is 19.4 Å². The highest BCUT2D eigenvalue weighted by Crippen LogP contribution is 2.51. The Balaban J connectivity index is 2.77. The summed E-state index contributed by atoms with van der Waals surface area (Å²) in [4.78, 5) is 0. The largest absolute Gasteiger partial charge is 0.336 e. The summed E-state index contributed by atoms with van der Waals surface area (Å²) in [5.41, 5.74) is 0.752. The first-order valence-corrected chi connectivity index (χ1v) is 9.45. The SMILES string of the molecule is CCCOP(=O)(Cc1cc(SC)n(C)n1)OCCC. The van der Waals surface area contributed by atoms with Gasteiger partial charge in [0.2, 0.25) is 0 Å². The zero-order valence-corrected chi connectivity index (χ0v) is 13.8. The Labute approximate surface area is 119 Å². The van der Waals surface area contributed by atoms with Crippen molar-refractivity contribution in [2.75, 3.05) is 19.5 Å². The highest BCUT2D eigenvalue weighted by molar-refractivity contribution is 7.98. The van der Waals surface area contributed by atoms with Crippen molar-refractivity contribution < 1.29 is 13.6 Å². The van der Waals surface area contributed by atoms with Gasteiger partial charge in [0.1, 0.15) is 0 Å². The summed E-state index contributed by atoms with van der Waals surface area (Å²) in [7, 11) is -1.20. The number of rotatable bonds is 9. The van der Waals surface area contributed by atoms with Crippen molar-refractivity contribution in [1.29, 1.82) is 0 Å². The van der Waals surface area contributed by atoms with Gasteiger partial charge in [-0.1, -0.05) is 13.8 Å². The van der Waals surface area contributed by atoms with E-state index in [0.29, 0.717) is 13.2 Å². The third-order valence-corrected chi connectivity index (χ3v) is 5.10. The van der Waals surface area contributed by atoms with Crippen molar-refractivity contribution in [3.63, 3.8) is 0 Å². The normalized spacial score (nSPS) is 12.0. The van der Waals surface area contributed by atoms with E-state index < -0.39 is 7.60 Å². The molecule has 0 amide bonds. The van der Waals surface area contributed by atoms with E-state index in [1.807, 2.05) is 33.2 Å². The van der Waals surface area contributed by atoms with Gasteiger partial charge in [-0.25, -0.2) is 0 Å². The predicted molar refractivity (Wildman–Crippen MR) is 78.8 cm³/mol. The minimum absolute atomic E-state index is 0.237. The number of thioether (sulfide) groups is 1. The molecule has 0 saturated carbocycles. The molecule has 7 heteroatoms. The van der Waals surface area contributed by atoms with Gasteiger partial charge in [0.25, 0.3) is 0 Å². The minimum atomic E-state index is -3.08. The second-order valence-corrected chi connectivity index (χ2v) is 7.12. The van der Waals surface area contributed by atoms with Crippen LogP contribution in [0.25, 0.3) is 0 Å². The van der Waals surface area contributed by atoms with Crippen LogP contribution in [0.3, 0.4) is 0 Å². The lowest BCUT2D eigenvalue weighted by Gasteiger charge is -2.17. The smallest absolute Gasteiger partial charge is 0.308 e. The third-order valence-electron chi connectivity index (χ3n) is 2.44. The third kappa shape index (κ3) is 5.30. The molecule has 0 aliphatic carbocycles. The van der Waals surface area contributed by atoms with E-state index in [9.17, 15) is 4.57 Å². The predicted octanol–water partition coefficient (Wildman–Crippen LogP) is 3.69. The van der Waals surface area contributed by atoms with Gasteiger partial charge in [0, 0.05) is 7.05 Å². The molecule has 0 spiro atoms. The monoisotopic (exact) mass is 306 g/mol. The Morgan fingerprint density at radius 2 is 1.89 bits per heavy atom. The van der Waals surface area contributed by atoms with Gasteiger partial charge in [-0.3, -0.25) is 9.25 Å². The van der Waals surface area contributed by atoms with Crippen molar-refractivity contribution in [3.8, 4) is 0 Å². The number of hydrogen-bond donors (Lipinski definition) is 0. The summed E-state index contributed by atoms with van der Waals surface area (Å²) < 4.78 is 25.3. The maximum Gasteiger partial charge on any atom is 0.336 e. The first-order chi connectivity index (χ1) is 9.04. The Morgan fingerprint density at radius 3 is 2.32 bits per heavy atom. The summed E-state index contributed by atoms with van der Waals surface area (Å²) in [6, 6.07) is 1.93. The maximum absolute atomic E-state index is 12.6. The molecule has 0 bridgehead atoms. The highest BCUT2D eigenvalue weighted by atomic mass is 32.2. The molecular weight excluding hydrogens is 283 g/mol. The van der Waals surface area contributed by atoms with Gasteiger partial charge in [-0.15, -0.1) is 11.8 Å². The second-order valence-electron chi connectivity index (χ2n) is 4.24. The molecule has 1 rings (SSSR count). The van der Waals surface area contributed by atoms with Crippen molar-refractivity contribution >= 4 is 19.4 Å². The number of aryl methyl sites for hydroxylation is 1. The molecule has 0 aromatic carbocycles. The minimum Gasteiger partial charge on any atom is -0.308 e. The average Bonchev–Trinajstić information content (AvgIpc) is 2.74. The topological polar surface area (TPSA) is 53.4 Å².